The molecule has 58 valence electrons. The van der Waals surface area contributed by atoms with E-state index < -0.39 is 0 Å². The molecule has 1 aromatic rings. The molecule has 0 aliphatic rings. The van der Waals surface area contributed by atoms with Crippen LogP contribution in [0.1, 0.15) is 12.7 Å². The quantitative estimate of drug-likeness (QED) is 0.618. The van der Waals surface area contributed by atoms with Crippen LogP contribution in [0.25, 0.3) is 6.08 Å². The van der Waals surface area contributed by atoms with Crippen molar-refractivity contribution in [3.8, 4) is 0 Å². The van der Waals surface area contributed by atoms with Gasteiger partial charge in [0.1, 0.15) is 12.0 Å². The molecular formula is C9H10O2. The Morgan fingerprint density at radius 3 is 3.00 bits per heavy atom. The molecule has 2 heteroatoms. The lowest BCUT2D eigenvalue weighted by Crippen LogP contribution is -1.87. The van der Waals surface area contributed by atoms with E-state index in [4.69, 9.17) is 4.42 Å². The average molecular weight is 150 g/mol. The van der Waals surface area contributed by atoms with Crippen LogP contribution in [0.2, 0.25) is 0 Å². The van der Waals surface area contributed by atoms with Gasteiger partial charge in [0.05, 0.1) is 6.26 Å². The van der Waals surface area contributed by atoms with Crippen LogP contribution in [0.4, 0.5) is 0 Å². The summed E-state index contributed by atoms with van der Waals surface area (Å²) < 4.78 is 5.03. The average Bonchev–Trinajstić information content (AvgIpc) is 2.52. The molecule has 2 nitrogen and oxygen atoms in total. The maximum absolute atomic E-state index is 10.2. The fraction of sp³-hybridized carbons (Fsp3) is 0.222. The summed E-state index contributed by atoms with van der Waals surface area (Å²) in [6.45, 7) is 1.83. The Bertz CT molecular complexity index is 234. The third-order valence-corrected chi connectivity index (χ3v) is 1.32. The smallest absolute Gasteiger partial charge is 0.126 e. The van der Waals surface area contributed by atoms with Crippen molar-refractivity contribution in [1.29, 1.82) is 0 Å². The van der Waals surface area contributed by atoms with Crippen LogP contribution in [0.3, 0.4) is 0 Å². The highest BCUT2D eigenvalue weighted by molar-refractivity contribution is 5.59. The topological polar surface area (TPSA) is 30.2 Å². The van der Waals surface area contributed by atoms with Crippen molar-refractivity contribution >= 4 is 12.4 Å². The van der Waals surface area contributed by atoms with Gasteiger partial charge in [-0.1, -0.05) is 13.0 Å². The Labute approximate surface area is 65.5 Å². The molecule has 11 heavy (non-hydrogen) atoms. The monoisotopic (exact) mass is 150 g/mol. The van der Waals surface area contributed by atoms with Gasteiger partial charge in [-0.3, -0.25) is 0 Å². The van der Waals surface area contributed by atoms with E-state index >= 15 is 0 Å². The highest BCUT2D eigenvalue weighted by Crippen LogP contribution is 2.04. The van der Waals surface area contributed by atoms with Gasteiger partial charge in [0.25, 0.3) is 0 Å². The molecule has 0 spiro atoms. The number of hydrogen-bond acceptors (Lipinski definition) is 2. The molecule has 1 atom stereocenters. The van der Waals surface area contributed by atoms with Crippen LogP contribution in [0.15, 0.2) is 28.9 Å². The number of furan rings is 1. The molecule has 1 heterocycles. The normalized spacial score (nSPS) is 13.5. The zero-order valence-electron chi connectivity index (χ0n) is 6.36. The van der Waals surface area contributed by atoms with Crippen molar-refractivity contribution in [2.75, 3.05) is 0 Å². The third-order valence-electron chi connectivity index (χ3n) is 1.32. The van der Waals surface area contributed by atoms with Crippen molar-refractivity contribution in [2.24, 2.45) is 5.92 Å². The van der Waals surface area contributed by atoms with Crippen LogP contribution in [0, 0.1) is 5.92 Å². The number of carbonyl (C=O) groups excluding carboxylic acids is 1. The molecule has 0 aliphatic carbocycles. The molecule has 0 saturated heterocycles. The first-order valence-corrected chi connectivity index (χ1v) is 3.50. The van der Waals surface area contributed by atoms with E-state index in [9.17, 15) is 4.79 Å². The summed E-state index contributed by atoms with van der Waals surface area (Å²) in [6, 6.07) is 3.65. The van der Waals surface area contributed by atoms with E-state index in [1.165, 1.54) is 0 Å². The molecule has 0 amide bonds. The van der Waals surface area contributed by atoms with Crippen LogP contribution in [0.5, 0.6) is 0 Å². The number of allylic oxidation sites excluding steroid dienone is 1. The highest BCUT2D eigenvalue weighted by Gasteiger charge is 1.92. The van der Waals surface area contributed by atoms with Gasteiger partial charge in [-0.05, 0) is 18.2 Å². The Kier molecular flexibility index (Phi) is 2.66. The first-order valence-electron chi connectivity index (χ1n) is 3.50. The molecule has 0 aliphatic heterocycles. The second kappa shape index (κ2) is 3.76. The van der Waals surface area contributed by atoms with Gasteiger partial charge in [0.15, 0.2) is 0 Å². The second-order valence-electron chi connectivity index (χ2n) is 2.37. The van der Waals surface area contributed by atoms with Gasteiger partial charge in [-0.2, -0.15) is 0 Å². The van der Waals surface area contributed by atoms with Crippen LogP contribution >= 0.6 is 0 Å². The van der Waals surface area contributed by atoms with Gasteiger partial charge in [-0.25, -0.2) is 0 Å². The molecule has 0 saturated carbocycles. The molecule has 0 fully saturated rings. The summed E-state index contributed by atoms with van der Waals surface area (Å²) >= 11 is 0. The first kappa shape index (κ1) is 7.79. The summed E-state index contributed by atoms with van der Waals surface area (Å²) in [5, 5.41) is 0. The van der Waals surface area contributed by atoms with Crippen molar-refractivity contribution in [2.45, 2.75) is 6.92 Å². The maximum atomic E-state index is 10.2. The fourth-order valence-electron chi connectivity index (χ4n) is 0.678. The Morgan fingerprint density at radius 1 is 1.64 bits per heavy atom. The third kappa shape index (κ3) is 2.42. The summed E-state index contributed by atoms with van der Waals surface area (Å²) in [7, 11) is 0. The fourth-order valence-corrected chi connectivity index (χ4v) is 0.678. The van der Waals surface area contributed by atoms with Crippen molar-refractivity contribution in [3.63, 3.8) is 0 Å². The zero-order valence-corrected chi connectivity index (χ0v) is 6.36. The summed E-state index contributed by atoms with van der Waals surface area (Å²) in [6.07, 6.45) is 6.08. The highest BCUT2D eigenvalue weighted by atomic mass is 16.3. The standard InChI is InChI=1S/C9H10O2/c1-8(7-10)4-5-9-3-2-6-11-9/h2-8H,1H3/b5-4+. The van der Waals surface area contributed by atoms with Gasteiger partial charge in [-0.15, -0.1) is 0 Å². The Morgan fingerprint density at radius 2 is 2.45 bits per heavy atom. The number of carbonyl (C=O) groups is 1. The molecule has 1 rings (SSSR count). The zero-order chi connectivity index (χ0) is 8.10. The lowest BCUT2D eigenvalue weighted by atomic mass is 10.2. The first-order chi connectivity index (χ1) is 5.33. The Hall–Kier alpha value is -1.31. The largest absolute Gasteiger partial charge is 0.465 e. The van der Waals surface area contributed by atoms with E-state index in [0.717, 1.165) is 12.0 Å². The van der Waals surface area contributed by atoms with E-state index in [-0.39, 0.29) is 5.92 Å². The predicted octanol–water partition coefficient (Wildman–Crippen LogP) is 2.13. The minimum Gasteiger partial charge on any atom is -0.465 e. The Balaban J connectivity index is 2.55. The molecule has 0 radical (unpaired) electrons. The predicted molar refractivity (Wildman–Crippen MR) is 43.0 cm³/mol. The van der Waals surface area contributed by atoms with Crippen molar-refractivity contribution in [1.82, 2.24) is 0 Å². The van der Waals surface area contributed by atoms with E-state index in [1.54, 1.807) is 18.4 Å². The summed E-state index contributed by atoms with van der Waals surface area (Å²) in [5.41, 5.74) is 0. The van der Waals surface area contributed by atoms with Crippen molar-refractivity contribution < 1.29 is 9.21 Å². The number of hydrogen-bond donors (Lipinski definition) is 0. The minimum atomic E-state index is -0.0416. The minimum absolute atomic E-state index is 0.0416. The van der Waals surface area contributed by atoms with Gasteiger partial charge in [0, 0.05) is 5.92 Å². The van der Waals surface area contributed by atoms with Crippen LogP contribution < -0.4 is 0 Å². The lowest BCUT2D eigenvalue weighted by Gasteiger charge is -1.89. The maximum Gasteiger partial charge on any atom is 0.126 e. The second-order valence-corrected chi connectivity index (χ2v) is 2.37. The van der Waals surface area contributed by atoms with E-state index in [2.05, 4.69) is 0 Å². The van der Waals surface area contributed by atoms with E-state index in [0.29, 0.717) is 0 Å². The molecular weight excluding hydrogens is 140 g/mol. The number of rotatable bonds is 3. The molecule has 0 N–H and O–H groups in total. The van der Waals surface area contributed by atoms with Gasteiger partial charge < -0.3 is 9.21 Å². The van der Waals surface area contributed by atoms with Gasteiger partial charge >= 0.3 is 0 Å². The molecule has 1 unspecified atom stereocenters. The molecule has 0 bridgehead atoms. The number of aldehydes is 1. The SMILES string of the molecule is CC(C=O)/C=C/c1ccco1. The lowest BCUT2D eigenvalue weighted by molar-refractivity contribution is -0.109. The van der Waals surface area contributed by atoms with Gasteiger partial charge in [0.2, 0.25) is 0 Å². The van der Waals surface area contributed by atoms with E-state index in [1.807, 2.05) is 19.1 Å². The molecule has 1 aromatic heterocycles. The van der Waals surface area contributed by atoms with Crippen LogP contribution in [-0.4, -0.2) is 6.29 Å². The summed E-state index contributed by atoms with van der Waals surface area (Å²) in [5.74, 6) is 0.735. The summed E-state index contributed by atoms with van der Waals surface area (Å²) in [4.78, 5) is 10.2. The van der Waals surface area contributed by atoms with Crippen molar-refractivity contribution in [3.05, 3.63) is 30.2 Å². The van der Waals surface area contributed by atoms with Crippen LogP contribution in [-0.2, 0) is 4.79 Å². The molecule has 0 aromatic carbocycles.